The summed E-state index contributed by atoms with van der Waals surface area (Å²) in [5, 5.41) is 0. The number of carbonyl (C=O) groups excluding carboxylic acids is 1. The second-order valence-electron chi connectivity index (χ2n) is 5.33. The first kappa shape index (κ1) is 15.0. The first-order valence-electron chi connectivity index (χ1n) is 7.23. The standard InChI is InChI=1S/C16H23NO3/c1-19-9-10-20-15-8-3-2-7-14(15)16(18)12-5-4-6-13(17)11-12/h2-3,7-8,12-13H,4-6,9-11,17H2,1H3. The Hall–Kier alpha value is -1.39. The second kappa shape index (κ2) is 7.41. The molecule has 0 amide bonds. The summed E-state index contributed by atoms with van der Waals surface area (Å²) in [6.07, 6.45) is 3.77. The van der Waals surface area contributed by atoms with Crippen LogP contribution in [0.2, 0.25) is 0 Å². The van der Waals surface area contributed by atoms with E-state index in [1.165, 1.54) is 0 Å². The highest BCUT2D eigenvalue weighted by Gasteiger charge is 2.27. The molecule has 1 aromatic rings. The molecule has 1 fully saturated rings. The van der Waals surface area contributed by atoms with Crippen molar-refractivity contribution in [2.24, 2.45) is 11.7 Å². The minimum Gasteiger partial charge on any atom is -0.490 e. The fourth-order valence-electron chi connectivity index (χ4n) is 2.72. The molecule has 4 heteroatoms. The van der Waals surface area contributed by atoms with Gasteiger partial charge in [-0.2, -0.15) is 0 Å². The van der Waals surface area contributed by atoms with Gasteiger partial charge in [-0.25, -0.2) is 0 Å². The number of nitrogens with two attached hydrogens (primary N) is 1. The van der Waals surface area contributed by atoms with Crippen LogP contribution in [0.1, 0.15) is 36.0 Å². The number of carbonyl (C=O) groups is 1. The zero-order valence-corrected chi connectivity index (χ0v) is 12.0. The van der Waals surface area contributed by atoms with Crippen LogP contribution in [0.15, 0.2) is 24.3 Å². The van der Waals surface area contributed by atoms with Crippen molar-refractivity contribution < 1.29 is 14.3 Å². The number of methoxy groups -OCH3 is 1. The molecule has 0 saturated heterocycles. The molecule has 0 aromatic heterocycles. The van der Waals surface area contributed by atoms with Gasteiger partial charge in [0.1, 0.15) is 12.4 Å². The predicted molar refractivity (Wildman–Crippen MR) is 78.1 cm³/mol. The van der Waals surface area contributed by atoms with Gasteiger partial charge >= 0.3 is 0 Å². The molecule has 0 aliphatic heterocycles. The van der Waals surface area contributed by atoms with Gasteiger partial charge in [-0.1, -0.05) is 18.6 Å². The Bertz CT molecular complexity index is 447. The van der Waals surface area contributed by atoms with Gasteiger partial charge in [0, 0.05) is 19.1 Å². The fourth-order valence-corrected chi connectivity index (χ4v) is 2.72. The third-order valence-electron chi connectivity index (χ3n) is 3.78. The SMILES string of the molecule is COCCOc1ccccc1C(=O)C1CCCC(N)C1. The molecule has 1 saturated carbocycles. The van der Waals surface area contributed by atoms with Crippen LogP contribution in [-0.2, 0) is 4.74 Å². The van der Waals surface area contributed by atoms with E-state index in [2.05, 4.69) is 0 Å². The third-order valence-corrected chi connectivity index (χ3v) is 3.78. The molecule has 2 atom stereocenters. The zero-order chi connectivity index (χ0) is 14.4. The van der Waals surface area contributed by atoms with Gasteiger partial charge in [0.2, 0.25) is 0 Å². The number of ketones is 1. The quantitative estimate of drug-likeness (QED) is 0.640. The van der Waals surface area contributed by atoms with Crippen molar-refractivity contribution >= 4 is 5.78 Å². The molecule has 1 aliphatic rings. The van der Waals surface area contributed by atoms with E-state index in [1.807, 2.05) is 24.3 Å². The topological polar surface area (TPSA) is 61.5 Å². The molecule has 20 heavy (non-hydrogen) atoms. The summed E-state index contributed by atoms with van der Waals surface area (Å²) >= 11 is 0. The molecule has 0 spiro atoms. The minimum atomic E-state index is 0.0333. The van der Waals surface area contributed by atoms with Crippen LogP contribution in [-0.4, -0.2) is 32.1 Å². The van der Waals surface area contributed by atoms with Crippen molar-refractivity contribution in [3.63, 3.8) is 0 Å². The van der Waals surface area contributed by atoms with Gasteiger partial charge in [0.25, 0.3) is 0 Å². The van der Waals surface area contributed by atoms with Gasteiger partial charge in [-0.15, -0.1) is 0 Å². The number of rotatable bonds is 6. The number of hydrogen-bond donors (Lipinski definition) is 1. The molecule has 1 aliphatic carbocycles. The molecule has 4 nitrogen and oxygen atoms in total. The molecule has 2 rings (SSSR count). The van der Waals surface area contributed by atoms with Gasteiger partial charge < -0.3 is 15.2 Å². The molecule has 0 bridgehead atoms. The monoisotopic (exact) mass is 277 g/mol. The van der Waals surface area contributed by atoms with E-state index in [9.17, 15) is 4.79 Å². The molecule has 0 radical (unpaired) electrons. The number of Topliss-reactive ketones (excluding diaryl/α,β-unsaturated/α-hetero) is 1. The Balaban J connectivity index is 2.08. The molecular weight excluding hydrogens is 254 g/mol. The minimum absolute atomic E-state index is 0.0333. The Morgan fingerprint density at radius 1 is 1.30 bits per heavy atom. The molecule has 2 N–H and O–H groups in total. The van der Waals surface area contributed by atoms with E-state index in [-0.39, 0.29) is 17.7 Å². The number of ether oxygens (including phenoxy) is 2. The average molecular weight is 277 g/mol. The van der Waals surface area contributed by atoms with Crippen LogP contribution in [0.5, 0.6) is 5.75 Å². The van der Waals surface area contributed by atoms with E-state index in [0.29, 0.717) is 24.5 Å². The second-order valence-corrected chi connectivity index (χ2v) is 5.33. The normalized spacial score (nSPS) is 22.5. The van der Waals surface area contributed by atoms with Crippen LogP contribution in [0, 0.1) is 5.92 Å². The number of hydrogen-bond acceptors (Lipinski definition) is 4. The summed E-state index contributed by atoms with van der Waals surface area (Å²) in [5.74, 6) is 0.841. The van der Waals surface area contributed by atoms with Crippen molar-refractivity contribution in [2.75, 3.05) is 20.3 Å². The highest BCUT2D eigenvalue weighted by atomic mass is 16.5. The van der Waals surface area contributed by atoms with Crippen LogP contribution >= 0.6 is 0 Å². The smallest absolute Gasteiger partial charge is 0.169 e. The Morgan fingerprint density at radius 3 is 2.85 bits per heavy atom. The lowest BCUT2D eigenvalue weighted by Gasteiger charge is -2.26. The summed E-state index contributed by atoms with van der Waals surface area (Å²) in [6, 6.07) is 7.58. The number of para-hydroxylation sites is 1. The van der Waals surface area contributed by atoms with Crippen molar-refractivity contribution in [1.82, 2.24) is 0 Å². The molecule has 110 valence electrons. The lowest BCUT2D eigenvalue weighted by Crippen LogP contribution is -2.31. The summed E-state index contributed by atoms with van der Waals surface area (Å²) in [4.78, 5) is 12.6. The van der Waals surface area contributed by atoms with Crippen LogP contribution < -0.4 is 10.5 Å². The molecule has 0 heterocycles. The summed E-state index contributed by atoms with van der Waals surface area (Å²) in [7, 11) is 1.63. The van der Waals surface area contributed by atoms with Gasteiger partial charge in [-0.3, -0.25) is 4.79 Å². The largest absolute Gasteiger partial charge is 0.490 e. The molecule has 2 unspecified atom stereocenters. The maximum atomic E-state index is 12.6. The summed E-state index contributed by atoms with van der Waals surface area (Å²) in [5.41, 5.74) is 6.65. The first-order chi connectivity index (χ1) is 9.72. The van der Waals surface area contributed by atoms with Crippen LogP contribution in [0.25, 0.3) is 0 Å². The lowest BCUT2D eigenvalue weighted by molar-refractivity contribution is 0.0874. The maximum absolute atomic E-state index is 12.6. The summed E-state index contributed by atoms with van der Waals surface area (Å²) < 4.78 is 10.6. The van der Waals surface area contributed by atoms with E-state index in [0.717, 1.165) is 25.7 Å². The van der Waals surface area contributed by atoms with E-state index < -0.39 is 0 Å². The van der Waals surface area contributed by atoms with Crippen LogP contribution in [0.3, 0.4) is 0 Å². The van der Waals surface area contributed by atoms with E-state index in [1.54, 1.807) is 7.11 Å². The van der Waals surface area contributed by atoms with Gasteiger partial charge in [0.05, 0.1) is 12.2 Å². The highest BCUT2D eigenvalue weighted by Crippen LogP contribution is 2.29. The van der Waals surface area contributed by atoms with E-state index >= 15 is 0 Å². The maximum Gasteiger partial charge on any atom is 0.169 e. The molecular formula is C16H23NO3. The first-order valence-corrected chi connectivity index (χ1v) is 7.23. The Labute approximate surface area is 120 Å². The predicted octanol–water partition coefficient (Wildman–Crippen LogP) is 2.41. The number of benzene rings is 1. The Morgan fingerprint density at radius 2 is 2.10 bits per heavy atom. The third kappa shape index (κ3) is 3.81. The van der Waals surface area contributed by atoms with Crippen molar-refractivity contribution in [3.8, 4) is 5.75 Å². The van der Waals surface area contributed by atoms with Gasteiger partial charge in [-0.05, 0) is 31.4 Å². The lowest BCUT2D eigenvalue weighted by atomic mass is 9.81. The van der Waals surface area contributed by atoms with Crippen molar-refractivity contribution in [3.05, 3.63) is 29.8 Å². The zero-order valence-electron chi connectivity index (χ0n) is 12.0. The van der Waals surface area contributed by atoms with Gasteiger partial charge in [0.15, 0.2) is 5.78 Å². The van der Waals surface area contributed by atoms with E-state index in [4.69, 9.17) is 15.2 Å². The highest BCUT2D eigenvalue weighted by molar-refractivity contribution is 6.00. The van der Waals surface area contributed by atoms with Crippen molar-refractivity contribution in [1.29, 1.82) is 0 Å². The average Bonchev–Trinajstić information content (AvgIpc) is 2.47. The summed E-state index contributed by atoms with van der Waals surface area (Å²) in [6.45, 7) is 0.960. The van der Waals surface area contributed by atoms with Crippen LogP contribution in [0.4, 0.5) is 0 Å². The Kier molecular flexibility index (Phi) is 5.56. The fraction of sp³-hybridized carbons (Fsp3) is 0.562. The van der Waals surface area contributed by atoms with Crippen molar-refractivity contribution in [2.45, 2.75) is 31.7 Å². The molecule has 1 aromatic carbocycles.